The second kappa shape index (κ2) is 4.77. The van der Waals surface area contributed by atoms with Crippen molar-refractivity contribution in [3.05, 3.63) is 0 Å². The van der Waals surface area contributed by atoms with Crippen molar-refractivity contribution in [2.75, 3.05) is 7.05 Å². The fourth-order valence-electron chi connectivity index (χ4n) is 1.42. The summed E-state index contributed by atoms with van der Waals surface area (Å²) in [5.74, 6) is 0. The van der Waals surface area contributed by atoms with E-state index in [1.165, 1.54) is 0 Å². The molecule has 0 rings (SSSR count). The SMILES string of the molecule is CNC(C)(C#N)CC(C)OC(C)(C)C. The van der Waals surface area contributed by atoms with E-state index in [2.05, 4.69) is 11.4 Å². The van der Waals surface area contributed by atoms with E-state index < -0.39 is 5.54 Å². The largest absolute Gasteiger partial charge is 0.373 e. The summed E-state index contributed by atoms with van der Waals surface area (Å²) in [6, 6.07) is 2.25. The summed E-state index contributed by atoms with van der Waals surface area (Å²) in [5, 5.41) is 12.0. The van der Waals surface area contributed by atoms with Crippen LogP contribution in [-0.4, -0.2) is 24.3 Å². The number of hydrogen-bond acceptors (Lipinski definition) is 3. The summed E-state index contributed by atoms with van der Waals surface area (Å²) in [5.41, 5.74) is -0.645. The van der Waals surface area contributed by atoms with Crippen LogP contribution >= 0.6 is 0 Å². The summed E-state index contributed by atoms with van der Waals surface area (Å²) < 4.78 is 5.75. The van der Waals surface area contributed by atoms with E-state index in [4.69, 9.17) is 10.00 Å². The van der Waals surface area contributed by atoms with Crippen molar-refractivity contribution in [1.29, 1.82) is 5.26 Å². The number of rotatable bonds is 4. The molecule has 1 N–H and O–H groups in total. The van der Waals surface area contributed by atoms with Gasteiger partial charge in [0.1, 0.15) is 5.54 Å². The minimum absolute atomic E-state index is 0.0760. The van der Waals surface area contributed by atoms with E-state index in [1.54, 1.807) is 7.05 Å². The maximum atomic E-state index is 8.96. The van der Waals surface area contributed by atoms with Crippen LogP contribution in [0.1, 0.15) is 41.0 Å². The first-order chi connectivity index (χ1) is 6.22. The average Bonchev–Trinajstić information content (AvgIpc) is 2.00. The predicted octanol–water partition coefficient (Wildman–Crippen LogP) is 2.08. The van der Waals surface area contributed by atoms with Crippen LogP contribution in [0.5, 0.6) is 0 Å². The Morgan fingerprint density at radius 1 is 1.36 bits per heavy atom. The topological polar surface area (TPSA) is 45.0 Å². The first-order valence-electron chi connectivity index (χ1n) is 5.00. The van der Waals surface area contributed by atoms with Crippen molar-refractivity contribution < 1.29 is 4.74 Å². The maximum absolute atomic E-state index is 8.96. The summed E-state index contributed by atoms with van der Waals surface area (Å²) in [6.07, 6.45) is 0.768. The third-order valence-electron chi connectivity index (χ3n) is 2.05. The second-order valence-electron chi connectivity index (χ2n) is 4.94. The quantitative estimate of drug-likeness (QED) is 0.752. The van der Waals surface area contributed by atoms with Gasteiger partial charge in [0.25, 0.3) is 0 Å². The third-order valence-corrected chi connectivity index (χ3v) is 2.05. The van der Waals surface area contributed by atoms with Gasteiger partial charge in [0.2, 0.25) is 0 Å². The fourth-order valence-corrected chi connectivity index (χ4v) is 1.42. The van der Waals surface area contributed by atoms with Crippen molar-refractivity contribution >= 4 is 0 Å². The van der Waals surface area contributed by atoms with Crippen LogP contribution in [0.3, 0.4) is 0 Å². The minimum Gasteiger partial charge on any atom is -0.373 e. The van der Waals surface area contributed by atoms with Gasteiger partial charge >= 0.3 is 0 Å². The molecular weight excluding hydrogens is 176 g/mol. The Kier molecular flexibility index (Phi) is 4.57. The van der Waals surface area contributed by atoms with Gasteiger partial charge in [-0.1, -0.05) is 0 Å². The molecule has 14 heavy (non-hydrogen) atoms. The molecule has 0 amide bonds. The Labute approximate surface area is 87.4 Å². The Morgan fingerprint density at radius 3 is 2.14 bits per heavy atom. The molecule has 0 radical (unpaired) electrons. The lowest BCUT2D eigenvalue weighted by Gasteiger charge is -2.30. The molecule has 2 unspecified atom stereocenters. The highest BCUT2D eigenvalue weighted by atomic mass is 16.5. The minimum atomic E-state index is -0.495. The molecule has 0 saturated heterocycles. The molecule has 0 fully saturated rings. The van der Waals surface area contributed by atoms with Gasteiger partial charge in [0, 0.05) is 6.42 Å². The highest BCUT2D eigenvalue weighted by Crippen LogP contribution is 2.18. The zero-order valence-electron chi connectivity index (χ0n) is 10.1. The summed E-state index contributed by atoms with van der Waals surface area (Å²) in [4.78, 5) is 0. The molecule has 0 spiro atoms. The van der Waals surface area contributed by atoms with E-state index in [-0.39, 0.29) is 11.7 Å². The number of nitriles is 1. The van der Waals surface area contributed by atoms with Gasteiger partial charge in [-0.05, 0) is 41.7 Å². The van der Waals surface area contributed by atoms with Gasteiger partial charge in [-0.25, -0.2) is 0 Å². The normalized spacial score (nSPS) is 18.4. The van der Waals surface area contributed by atoms with Gasteiger partial charge < -0.3 is 10.1 Å². The summed E-state index contributed by atoms with van der Waals surface area (Å²) in [6.45, 7) is 9.94. The monoisotopic (exact) mass is 198 g/mol. The molecule has 0 aliphatic carbocycles. The number of hydrogen-bond donors (Lipinski definition) is 1. The first kappa shape index (κ1) is 13.4. The Bertz CT molecular complexity index is 214. The smallest absolute Gasteiger partial charge is 0.106 e. The van der Waals surface area contributed by atoms with Crippen LogP contribution in [0.25, 0.3) is 0 Å². The standard InChI is InChI=1S/C11H22N2O/c1-9(14-10(2,3)4)7-11(5,8-12)13-6/h9,13H,7H2,1-6H3. The van der Waals surface area contributed by atoms with Gasteiger partial charge in [-0.3, -0.25) is 0 Å². The molecule has 3 heteroatoms. The van der Waals surface area contributed by atoms with Crippen molar-refractivity contribution in [3.63, 3.8) is 0 Å². The molecule has 0 heterocycles. The maximum Gasteiger partial charge on any atom is 0.106 e. The lowest BCUT2D eigenvalue weighted by Crippen LogP contribution is -2.42. The zero-order chi connectivity index (χ0) is 11.4. The number of nitrogens with zero attached hydrogens (tertiary/aromatic N) is 1. The Hall–Kier alpha value is -0.590. The van der Waals surface area contributed by atoms with Crippen LogP contribution in [0.2, 0.25) is 0 Å². The molecule has 0 bridgehead atoms. The third kappa shape index (κ3) is 5.21. The van der Waals surface area contributed by atoms with Crippen LogP contribution < -0.4 is 5.32 Å². The van der Waals surface area contributed by atoms with Crippen molar-refractivity contribution in [1.82, 2.24) is 5.32 Å². The first-order valence-corrected chi connectivity index (χ1v) is 5.00. The highest BCUT2D eigenvalue weighted by molar-refractivity contribution is 5.03. The number of ether oxygens (including phenoxy) is 1. The fraction of sp³-hybridized carbons (Fsp3) is 0.909. The van der Waals surface area contributed by atoms with E-state index in [0.29, 0.717) is 6.42 Å². The van der Waals surface area contributed by atoms with Crippen LogP contribution in [0.15, 0.2) is 0 Å². The van der Waals surface area contributed by atoms with Crippen LogP contribution in [-0.2, 0) is 4.74 Å². The van der Waals surface area contributed by atoms with Crippen LogP contribution in [0, 0.1) is 11.3 Å². The van der Waals surface area contributed by atoms with E-state index in [9.17, 15) is 0 Å². The van der Waals surface area contributed by atoms with Gasteiger partial charge in [0.15, 0.2) is 0 Å². The van der Waals surface area contributed by atoms with E-state index in [1.807, 2.05) is 34.6 Å². The average molecular weight is 198 g/mol. The predicted molar refractivity (Wildman–Crippen MR) is 58.0 cm³/mol. The number of nitrogens with one attached hydrogen (secondary N) is 1. The Balaban J connectivity index is 4.19. The molecule has 0 aliphatic heterocycles. The Morgan fingerprint density at radius 2 is 1.86 bits per heavy atom. The molecule has 0 aromatic carbocycles. The lowest BCUT2D eigenvalue weighted by molar-refractivity contribution is -0.0598. The van der Waals surface area contributed by atoms with Crippen molar-refractivity contribution in [2.24, 2.45) is 0 Å². The van der Waals surface area contributed by atoms with Crippen LogP contribution in [0.4, 0.5) is 0 Å². The zero-order valence-corrected chi connectivity index (χ0v) is 10.1. The summed E-state index contributed by atoms with van der Waals surface area (Å²) in [7, 11) is 1.80. The molecule has 3 nitrogen and oxygen atoms in total. The molecule has 0 aromatic heterocycles. The summed E-state index contributed by atoms with van der Waals surface area (Å²) >= 11 is 0. The van der Waals surface area contributed by atoms with E-state index in [0.717, 1.165) is 0 Å². The van der Waals surface area contributed by atoms with Gasteiger partial charge in [0.05, 0.1) is 17.8 Å². The second-order valence-corrected chi connectivity index (χ2v) is 4.94. The highest BCUT2D eigenvalue weighted by Gasteiger charge is 2.26. The molecular formula is C11H22N2O. The van der Waals surface area contributed by atoms with Crippen molar-refractivity contribution in [3.8, 4) is 6.07 Å². The molecule has 0 saturated carbocycles. The molecule has 82 valence electrons. The van der Waals surface area contributed by atoms with Gasteiger partial charge in [-0.15, -0.1) is 0 Å². The van der Waals surface area contributed by atoms with Crippen molar-refractivity contribution in [2.45, 2.75) is 58.3 Å². The molecule has 0 aliphatic rings. The molecule has 2 atom stereocenters. The van der Waals surface area contributed by atoms with Gasteiger partial charge in [-0.2, -0.15) is 5.26 Å². The van der Waals surface area contributed by atoms with E-state index >= 15 is 0 Å². The lowest BCUT2D eigenvalue weighted by atomic mass is 9.96. The molecule has 0 aromatic rings.